The molecular weight excluding hydrogens is 406 g/mol. The number of halogens is 1. The fourth-order valence-corrected chi connectivity index (χ4v) is 3.36. The number of aromatic nitrogens is 3. The first-order chi connectivity index (χ1) is 13.2. The van der Waals surface area contributed by atoms with Crippen LogP contribution in [0.4, 0.5) is 0 Å². The molecule has 1 aliphatic rings. The van der Waals surface area contributed by atoms with Crippen molar-refractivity contribution in [3.05, 3.63) is 94.3 Å². The summed E-state index contributed by atoms with van der Waals surface area (Å²) in [6, 6.07) is 19.6. The molecule has 1 atom stereocenters. The Morgan fingerprint density at radius 2 is 1.85 bits per heavy atom. The second-order valence-electron chi connectivity index (χ2n) is 5.90. The van der Waals surface area contributed by atoms with E-state index in [1.54, 1.807) is 11.0 Å². The van der Waals surface area contributed by atoms with Crippen LogP contribution >= 0.6 is 15.9 Å². The van der Waals surface area contributed by atoms with Crippen LogP contribution in [0.3, 0.4) is 0 Å². The minimum absolute atomic E-state index is 0.0909. The Morgan fingerprint density at radius 3 is 2.48 bits per heavy atom. The van der Waals surface area contributed by atoms with Crippen LogP contribution in [0.15, 0.2) is 83.2 Å². The molecule has 2 N–H and O–H groups in total. The summed E-state index contributed by atoms with van der Waals surface area (Å²) in [6.45, 7) is 0. The lowest BCUT2D eigenvalue weighted by Gasteiger charge is -2.29. The van der Waals surface area contributed by atoms with E-state index in [1.807, 2.05) is 54.6 Å². The minimum Gasteiger partial charge on any atom is -0.438 e. The normalized spacial score (nSPS) is 16.8. The van der Waals surface area contributed by atoms with E-state index in [0.29, 0.717) is 17.0 Å². The highest BCUT2D eigenvalue weighted by Crippen LogP contribution is 2.44. The predicted molar refractivity (Wildman–Crippen MR) is 104 cm³/mol. The van der Waals surface area contributed by atoms with Gasteiger partial charge in [0.2, 0.25) is 5.88 Å². The van der Waals surface area contributed by atoms with Crippen LogP contribution in [0.2, 0.25) is 0 Å². The molecular formula is C20H14BrN5O. The Morgan fingerprint density at radius 1 is 1.11 bits per heavy atom. The van der Waals surface area contributed by atoms with E-state index < -0.39 is 5.92 Å². The lowest BCUT2D eigenvalue weighted by atomic mass is 9.86. The van der Waals surface area contributed by atoms with Gasteiger partial charge < -0.3 is 10.5 Å². The molecule has 0 amide bonds. The highest BCUT2D eigenvalue weighted by molar-refractivity contribution is 9.10. The van der Waals surface area contributed by atoms with Gasteiger partial charge in [0.1, 0.15) is 24.3 Å². The van der Waals surface area contributed by atoms with Crippen LogP contribution in [-0.4, -0.2) is 14.8 Å². The minimum atomic E-state index is -0.436. The Balaban J connectivity index is 2.00. The molecule has 0 aliphatic carbocycles. The van der Waals surface area contributed by atoms with Gasteiger partial charge in [0.15, 0.2) is 5.76 Å². The van der Waals surface area contributed by atoms with E-state index in [-0.39, 0.29) is 5.88 Å². The third kappa shape index (κ3) is 3.11. The molecule has 7 heteroatoms. The average molecular weight is 420 g/mol. The summed E-state index contributed by atoms with van der Waals surface area (Å²) in [5.74, 6) is 0.201. The molecule has 6 nitrogen and oxygen atoms in total. The van der Waals surface area contributed by atoms with E-state index in [9.17, 15) is 5.26 Å². The lowest BCUT2D eigenvalue weighted by molar-refractivity contribution is 0.360. The van der Waals surface area contributed by atoms with Crippen LogP contribution in [0.25, 0.3) is 11.5 Å². The standard InChI is InChI=1S/C20H14BrN5O/c21-15-8-6-13(7-9-15)17-16(10-22)20(23)27-19(14-4-2-1-3-5-14)18(17)26-12-24-11-25-26/h1-9,11-12,17H,23H2/t17-/m1/s1. The van der Waals surface area contributed by atoms with Gasteiger partial charge in [-0.1, -0.05) is 58.4 Å². The average Bonchev–Trinajstić information content (AvgIpc) is 3.23. The molecule has 0 spiro atoms. The van der Waals surface area contributed by atoms with Gasteiger partial charge >= 0.3 is 0 Å². The van der Waals surface area contributed by atoms with Crippen molar-refractivity contribution in [2.75, 3.05) is 0 Å². The number of hydrogen-bond acceptors (Lipinski definition) is 5. The molecule has 0 unspecified atom stereocenters. The molecule has 0 bridgehead atoms. The van der Waals surface area contributed by atoms with Crippen LogP contribution in [-0.2, 0) is 4.74 Å². The molecule has 1 aromatic heterocycles. The van der Waals surface area contributed by atoms with Crippen molar-refractivity contribution in [2.45, 2.75) is 5.92 Å². The Labute approximate surface area is 164 Å². The lowest BCUT2D eigenvalue weighted by Crippen LogP contribution is -2.23. The number of ether oxygens (including phenoxy) is 1. The first-order valence-electron chi connectivity index (χ1n) is 8.16. The first-order valence-corrected chi connectivity index (χ1v) is 8.96. The van der Waals surface area contributed by atoms with Gasteiger partial charge in [0.25, 0.3) is 0 Å². The predicted octanol–water partition coefficient (Wildman–Crippen LogP) is 3.87. The molecule has 0 radical (unpaired) electrons. The maximum Gasteiger partial charge on any atom is 0.205 e. The number of nitriles is 1. The molecule has 0 saturated heterocycles. The SMILES string of the molecule is N#CC1=C(N)OC(c2ccccc2)=C(n2cncn2)[C@@H]1c1ccc(Br)cc1. The van der Waals surface area contributed by atoms with E-state index >= 15 is 0 Å². The quantitative estimate of drug-likeness (QED) is 0.695. The molecule has 132 valence electrons. The second kappa shape index (κ2) is 7.09. The van der Waals surface area contributed by atoms with Crippen LogP contribution in [0, 0.1) is 11.3 Å². The zero-order valence-electron chi connectivity index (χ0n) is 14.1. The number of nitrogens with two attached hydrogens (primary N) is 1. The van der Waals surface area contributed by atoms with Gasteiger partial charge in [-0.2, -0.15) is 10.4 Å². The van der Waals surface area contributed by atoms with Crippen LogP contribution in [0.5, 0.6) is 0 Å². The number of rotatable bonds is 3. The van der Waals surface area contributed by atoms with Gasteiger partial charge in [-0.05, 0) is 17.7 Å². The maximum absolute atomic E-state index is 9.77. The molecule has 0 fully saturated rings. The van der Waals surface area contributed by atoms with Crippen molar-refractivity contribution in [3.8, 4) is 6.07 Å². The van der Waals surface area contributed by atoms with Crippen molar-refractivity contribution >= 4 is 27.4 Å². The largest absolute Gasteiger partial charge is 0.438 e. The molecule has 27 heavy (non-hydrogen) atoms. The topological polar surface area (TPSA) is 89.8 Å². The highest BCUT2D eigenvalue weighted by Gasteiger charge is 2.35. The van der Waals surface area contributed by atoms with Crippen molar-refractivity contribution < 1.29 is 4.74 Å². The fourth-order valence-electron chi connectivity index (χ4n) is 3.09. The molecule has 2 aromatic carbocycles. The molecule has 3 aromatic rings. The van der Waals surface area contributed by atoms with Gasteiger partial charge in [-0.3, -0.25) is 0 Å². The molecule has 1 aliphatic heterocycles. The third-order valence-corrected chi connectivity index (χ3v) is 4.83. The van der Waals surface area contributed by atoms with Crippen molar-refractivity contribution in [1.82, 2.24) is 14.8 Å². The van der Waals surface area contributed by atoms with Crippen LogP contribution in [0.1, 0.15) is 17.0 Å². The monoisotopic (exact) mass is 419 g/mol. The van der Waals surface area contributed by atoms with Gasteiger partial charge in [-0.15, -0.1) is 0 Å². The van der Waals surface area contributed by atoms with Crippen molar-refractivity contribution in [3.63, 3.8) is 0 Å². The summed E-state index contributed by atoms with van der Waals surface area (Å²) in [6.07, 6.45) is 3.03. The highest BCUT2D eigenvalue weighted by atomic mass is 79.9. The summed E-state index contributed by atoms with van der Waals surface area (Å²) in [5.41, 5.74) is 8.90. The second-order valence-corrected chi connectivity index (χ2v) is 6.81. The summed E-state index contributed by atoms with van der Waals surface area (Å²) >= 11 is 3.45. The van der Waals surface area contributed by atoms with E-state index in [4.69, 9.17) is 10.5 Å². The number of nitrogens with zero attached hydrogens (tertiary/aromatic N) is 4. The molecule has 0 saturated carbocycles. The molecule has 2 heterocycles. The number of benzene rings is 2. The van der Waals surface area contributed by atoms with E-state index in [1.165, 1.54) is 6.33 Å². The van der Waals surface area contributed by atoms with E-state index in [2.05, 4.69) is 32.1 Å². The van der Waals surface area contributed by atoms with Crippen molar-refractivity contribution in [2.24, 2.45) is 5.73 Å². The van der Waals surface area contributed by atoms with Crippen molar-refractivity contribution in [1.29, 1.82) is 5.26 Å². The summed E-state index contributed by atoms with van der Waals surface area (Å²) in [4.78, 5) is 4.06. The van der Waals surface area contributed by atoms with Gasteiger partial charge in [0.05, 0.1) is 11.6 Å². The molecule has 4 rings (SSSR count). The number of hydrogen-bond donors (Lipinski definition) is 1. The summed E-state index contributed by atoms with van der Waals surface area (Å²) in [5, 5.41) is 14.1. The zero-order chi connectivity index (χ0) is 18.8. The van der Waals surface area contributed by atoms with Gasteiger partial charge in [0, 0.05) is 10.0 Å². The number of allylic oxidation sites excluding steroid dienone is 2. The fraction of sp³-hybridized carbons (Fsp3) is 0.0500. The zero-order valence-corrected chi connectivity index (χ0v) is 15.7. The summed E-state index contributed by atoms with van der Waals surface area (Å²) < 4.78 is 8.48. The maximum atomic E-state index is 9.77. The Bertz CT molecular complexity index is 1060. The van der Waals surface area contributed by atoms with E-state index in [0.717, 1.165) is 15.6 Å². The Hall–Kier alpha value is -3.37. The van der Waals surface area contributed by atoms with Gasteiger partial charge in [-0.25, -0.2) is 9.67 Å². The third-order valence-electron chi connectivity index (χ3n) is 4.30. The smallest absolute Gasteiger partial charge is 0.205 e. The Kier molecular flexibility index (Phi) is 4.48. The summed E-state index contributed by atoms with van der Waals surface area (Å²) in [7, 11) is 0. The van der Waals surface area contributed by atoms with Crippen LogP contribution < -0.4 is 5.73 Å². The first kappa shape index (κ1) is 17.1.